The number of benzene rings is 1. The van der Waals surface area contributed by atoms with Crippen molar-refractivity contribution < 1.29 is 39.3 Å². The maximum Gasteiger partial charge on any atom is 0.319 e. The van der Waals surface area contributed by atoms with Crippen LogP contribution in [0.2, 0.25) is 0 Å². The lowest BCUT2D eigenvalue weighted by molar-refractivity contribution is -0.139. The predicted molar refractivity (Wildman–Crippen MR) is 123 cm³/mol. The van der Waals surface area contributed by atoms with Crippen molar-refractivity contribution in [1.29, 1.82) is 0 Å². The molecule has 0 aliphatic rings. The van der Waals surface area contributed by atoms with E-state index in [1.165, 1.54) is 0 Å². The Morgan fingerprint density at radius 2 is 1.32 bits per heavy atom. The zero-order valence-corrected chi connectivity index (χ0v) is 19.0. The number of anilines is 1. The second-order valence-corrected chi connectivity index (χ2v) is 7.88. The van der Waals surface area contributed by atoms with Gasteiger partial charge in [-0.15, -0.1) is 0 Å². The van der Waals surface area contributed by atoms with Gasteiger partial charge < -0.3 is 36.6 Å². The number of amides is 4. The molecule has 12 nitrogen and oxygen atoms in total. The van der Waals surface area contributed by atoms with Crippen molar-refractivity contribution in [3.8, 4) is 0 Å². The number of aryl methyl sites for hydroxylation is 1. The van der Waals surface area contributed by atoms with Crippen molar-refractivity contribution in [2.45, 2.75) is 64.0 Å². The average Bonchev–Trinajstić information content (AvgIpc) is 2.72. The molecule has 12 heteroatoms. The van der Waals surface area contributed by atoms with Crippen LogP contribution in [0.1, 0.15) is 50.5 Å². The van der Waals surface area contributed by atoms with Crippen LogP contribution in [-0.2, 0) is 14.4 Å². The fourth-order valence-corrected chi connectivity index (χ4v) is 3.11. The van der Waals surface area contributed by atoms with E-state index in [-0.39, 0.29) is 25.3 Å². The molecular formula is C22H32N4O8. The second kappa shape index (κ2) is 15.1. The van der Waals surface area contributed by atoms with Crippen molar-refractivity contribution in [3.63, 3.8) is 0 Å². The number of carbonyl (C=O) groups excluding carboxylic acids is 2. The Labute approximate surface area is 197 Å². The summed E-state index contributed by atoms with van der Waals surface area (Å²) in [5.41, 5.74) is 1.73. The van der Waals surface area contributed by atoms with Gasteiger partial charge in [-0.25, -0.2) is 9.59 Å². The minimum atomic E-state index is -1.20. The summed E-state index contributed by atoms with van der Waals surface area (Å²) in [7, 11) is 0. The molecule has 2 atom stereocenters. The summed E-state index contributed by atoms with van der Waals surface area (Å²) < 4.78 is 0. The molecule has 1 rings (SSSR count). The van der Waals surface area contributed by atoms with Gasteiger partial charge in [0, 0.05) is 30.7 Å². The number of hydrogen-bond acceptors (Lipinski definition) is 5. The molecule has 0 saturated heterocycles. The van der Waals surface area contributed by atoms with Crippen molar-refractivity contribution >= 4 is 35.7 Å². The van der Waals surface area contributed by atoms with Gasteiger partial charge in [0.15, 0.2) is 0 Å². The summed E-state index contributed by atoms with van der Waals surface area (Å²) in [6, 6.07) is 4.55. The Balaban J connectivity index is 2.43. The SMILES string of the molecule is Cc1ccc(NC(=O)NCCCC[C@@H](CC(=O)O)NC(=O)N[C@@H](CCC(=O)O)CC(=O)O)cc1. The minimum absolute atomic E-state index is 0.0744. The van der Waals surface area contributed by atoms with E-state index in [4.69, 9.17) is 15.3 Å². The molecule has 0 aliphatic carbocycles. The topological polar surface area (TPSA) is 194 Å². The lowest BCUT2D eigenvalue weighted by atomic mass is 10.1. The number of carboxylic acid groups (broad SMARTS) is 3. The number of aliphatic carboxylic acids is 3. The number of hydrogen-bond donors (Lipinski definition) is 7. The monoisotopic (exact) mass is 480 g/mol. The third-order valence-corrected chi connectivity index (χ3v) is 4.79. The fraction of sp³-hybridized carbons (Fsp3) is 0.500. The highest BCUT2D eigenvalue weighted by atomic mass is 16.4. The molecule has 0 radical (unpaired) electrons. The Kier molecular flexibility index (Phi) is 12.5. The van der Waals surface area contributed by atoms with Crippen LogP contribution in [-0.4, -0.2) is 63.9 Å². The van der Waals surface area contributed by atoms with E-state index in [0.717, 1.165) is 5.56 Å². The van der Waals surface area contributed by atoms with Crippen LogP contribution in [0.25, 0.3) is 0 Å². The summed E-state index contributed by atoms with van der Waals surface area (Å²) in [6.45, 7) is 2.29. The van der Waals surface area contributed by atoms with Gasteiger partial charge in [0.05, 0.1) is 12.8 Å². The van der Waals surface area contributed by atoms with Gasteiger partial charge in [0.1, 0.15) is 0 Å². The molecule has 0 aliphatic heterocycles. The lowest BCUT2D eigenvalue weighted by Crippen LogP contribution is -2.47. The number of carboxylic acids is 3. The summed E-state index contributed by atoms with van der Waals surface area (Å²) >= 11 is 0. The van der Waals surface area contributed by atoms with E-state index in [2.05, 4.69) is 21.3 Å². The normalized spacial score (nSPS) is 12.1. The molecule has 0 unspecified atom stereocenters. The summed E-state index contributed by atoms with van der Waals surface area (Å²) in [5.74, 6) is -3.44. The van der Waals surface area contributed by atoms with Gasteiger partial charge in [0.25, 0.3) is 0 Å². The van der Waals surface area contributed by atoms with Gasteiger partial charge >= 0.3 is 30.0 Å². The number of unbranched alkanes of at least 4 members (excludes halogenated alkanes) is 1. The van der Waals surface area contributed by atoms with Crippen molar-refractivity contribution in [2.24, 2.45) is 0 Å². The highest BCUT2D eigenvalue weighted by Gasteiger charge is 2.20. The summed E-state index contributed by atoms with van der Waals surface area (Å²) in [6.07, 6.45) is 0.186. The van der Waals surface area contributed by atoms with Gasteiger partial charge in [0.2, 0.25) is 0 Å². The van der Waals surface area contributed by atoms with Gasteiger partial charge in [-0.1, -0.05) is 17.7 Å². The molecule has 1 aromatic rings. The lowest BCUT2D eigenvalue weighted by Gasteiger charge is -2.21. The predicted octanol–water partition coefficient (Wildman–Crippen LogP) is 2.14. The average molecular weight is 481 g/mol. The standard InChI is InChI=1S/C22H32N4O8/c1-14-5-7-15(8-6-14)24-21(33)23-11-3-2-4-16(12-19(29)30)25-22(34)26-17(13-20(31)32)9-10-18(27)28/h5-8,16-17H,2-4,9-13H2,1H3,(H,27,28)(H,29,30)(H,31,32)(H2,23,24,33)(H2,25,26,34)/t16-,17-/m0/s1. The third kappa shape index (κ3) is 13.6. The zero-order chi connectivity index (χ0) is 25.5. The first kappa shape index (κ1) is 28.2. The van der Waals surface area contributed by atoms with Crippen LogP contribution in [0.3, 0.4) is 0 Å². The third-order valence-electron chi connectivity index (χ3n) is 4.79. The van der Waals surface area contributed by atoms with Crippen LogP contribution in [0.4, 0.5) is 15.3 Å². The largest absolute Gasteiger partial charge is 0.481 e. The van der Waals surface area contributed by atoms with E-state index in [9.17, 15) is 24.0 Å². The highest BCUT2D eigenvalue weighted by molar-refractivity contribution is 5.89. The molecule has 0 bridgehead atoms. The molecule has 34 heavy (non-hydrogen) atoms. The molecule has 0 fully saturated rings. The van der Waals surface area contributed by atoms with Crippen LogP contribution in [0.15, 0.2) is 24.3 Å². The summed E-state index contributed by atoms with van der Waals surface area (Å²) in [4.78, 5) is 56.9. The maximum atomic E-state index is 12.2. The smallest absolute Gasteiger partial charge is 0.319 e. The molecule has 1 aromatic carbocycles. The number of urea groups is 2. The van der Waals surface area contributed by atoms with Gasteiger partial charge in [-0.3, -0.25) is 14.4 Å². The number of rotatable bonds is 15. The Morgan fingerprint density at radius 3 is 1.85 bits per heavy atom. The van der Waals surface area contributed by atoms with E-state index in [1.807, 2.05) is 19.1 Å². The fourth-order valence-electron chi connectivity index (χ4n) is 3.11. The first-order valence-electron chi connectivity index (χ1n) is 10.9. The van der Waals surface area contributed by atoms with Crippen molar-refractivity contribution in [2.75, 3.05) is 11.9 Å². The minimum Gasteiger partial charge on any atom is -0.481 e. The van der Waals surface area contributed by atoms with Crippen molar-refractivity contribution in [3.05, 3.63) is 29.8 Å². The van der Waals surface area contributed by atoms with Crippen LogP contribution in [0, 0.1) is 6.92 Å². The Morgan fingerprint density at radius 1 is 0.765 bits per heavy atom. The Hall–Kier alpha value is -3.83. The van der Waals surface area contributed by atoms with Crippen LogP contribution >= 0.6 is 0 Å². The van der Waals surface area contributed by atoms with Crippen LogP contribution in [0.5, 0.6) is 0 Å². The van der Waals surface area contributed by atoms with Gasteiger partial charge in [-0.2, -0.15) is 0 Å². The second-order valence-electron chi connectivity index (χ2n) is 7.88. The van der Waals surface area contributed by atoms with E-state index in [0.29, 0.717) is 31.5 Å². The first-order chi connectivity index (χ1) is 16.0. The number of nitrogens with one attached hydrogen (secondary N) is 4. The number of carbonyl (C=O) groups is 5. The van der Waals surface area contributed by atoms with Crippen LogP contribution < -0.4 is 21.3 Å². The summed E-state index contributed by atoms with van der Waals surface area (Å²) in [5, 5.41) is 37.1. The zero-order valence-electron chi connectivity index (χ0n) is 19.0. The van der Waals surface area contributed by atoms with Crippen molar-refractivity contribution in [1.82, 2.24) is 16.0 Å². The van der Waals surface area contributed by atoms with Gasteiger partial charge in [-0.05, 0) is 44.7 Å². The molecule has 0 spiro atoms. The molecule has 0 aromatic heterocycles. The van der Waals surface area contributed by atoms with E-state index >= 15 is 0 Å². The molecule has 188 valence electrons. The van der Waals surface area contributed by atoms with E-state index < -0.39 is 42.4 Å². The molecular weight excluding hydrogens is 448 g/mol. The Bertz CT molecular complexity index is 844. The highest BCUT2D eigenvalue weighted by Crippen LogP contribution is 2.09. The molecule has 0 heterocycles. The quantitative estimate of drug-likeness (QED) is 0.185. The van der Waals surface area contributed by atoms with E-state index in [1.54, 1.807) is 12.1 Å². The maximum absolute atomic E-state index is 12.2. The molecule has 0 saturated carbocycles. The first-order valence-corrected chi connectivity index (χ1v) is 10.9. The molecule has 4 amide bonds. The molecule has 7 N–H and O–H groups in total.